The van der Waals surface area contributed by atoms with Gasteiger partial charge in [0.05, 0.1) is 25.2 Å². The molecule has 0 amide bonds. The molecule has 2 aromatic rings. The van der Waals surface area contributed by atoms with Crippen LogP contribution in [-0.4, -0.2) is 22.7 Å². The lowest BCUT2D eigenvalue weighted by Crippen LogP contribution is -2.16. The summed E-state index contributed by atoms with van der Waals surface area (Å²) in [4.78, 5) is 11.1. The monoisotopic (exact) mass is 219 g/mol. The largest absolute Gasteiger partial charge is 0.469 e. The van der Waals surface area contributed by atoms with Gasteiger partial charge < -0.3 is 10.5 Å². The first-order valence-corrected chi connectivity index (χ1v) is 4.97. The predicted molar refractivity (Wildman–Crippen MR) is 58.8 cm³/mol. The molecular weight excluding hydrogens is 206 g/mol. The minimum Gasteiger partial charge on any atom is -0.469 e. The van der Waals surface area contributed by atoms with Crippen molar-refractivity contribution >= 4 is 11.5 Å². The van der Waals surface area contributed by atoms with Crippen LogP contribution in [0.4, 0.5) is 0 Å². The second kappa shape index (κ2) is 4.32. The van der Waals surface area contributed by atoms with E-state index in [0.29, 0.717) is 0 Å². The highest BCUT2D eigenvalue weighted by Crippen LogP contribution is 2.19. The Hall–Kier alpha value is -1.88. The Kier molecular flexibility index (Phi) is 2.87. The summed E-state index contributed by atoms with van der Waals surface area (Å²) in [6, 6.07) is 5.33. The van der Waals surface area contributed by atoms with Crippen molar-refractivity contribution in [2.45, 2.75) is 12.5 Å². The fraction of sp³-hybridized carbons (Fsp3) is 0.273. The third-order valence-electron chi connectivity index (χ3n) is 2.47. The van der Waals surface area contributed by atoms with Crippen molar-refractivity contribution < 1.29 is 9.53 Å². The number of carbonyl (C=O) groups excluding carboxylic acids is 1. The molecule has 0 saturated carbocycles. The number of hydrogen-bond donors (Lipinski definition) is 1. The fourth-order valence-corrected chi connectivity index (χ4v) is 1.61. The van der Waals surface area contributed by atoms with Gasteiger partial charge in [-0.05, 0) is 12.1 Å². The van der Waals surface area contributed by atoms with E-state index in [1.54, 1.807) is 10.7 Å². The maximum absolute atomic E-state index is 11.1. The van der Waals surface area contributed by atoms with Gasteiger partial charge in [-0.2, -0.15) is 5.10 Å². The molecule has 5 heteroatoms. The number of pyridine rings is 1. The third-order valence-corrected chi connectivity index (χ3v) is 2.47. The van der Waals surface area contributed by atoms with Crippen LogP contribution in [0, 0.1) is 0 Å². The number of esters is 1. The first-order valence-electron chi connectivity index (χ1n) is 4.97. The minimum absolute atomic E-state index is 0.159. The van der Waals surface area contributed by atoms with Crippen LogP contribution in [0.1, 0.15) is 18.0 Å². The maximum Gasteiger partial charge on any atom is 0.307 e. The van der Waals surface area contributed by atoms with Gasteiger partial charge in [0.2, 0.25) is 0 Å². The van der Waals surface area contributed by atoms with Gasteiger partial charge in [0.15, 0.2) is 0 Å². The molecule has 1 atom stereocenters. The van der Waals surface area contributed by atoms with Gasteiger partial charge in [-0.15, -0.1) is 0 Å². The zero-order valence-electron chi connectivity index (χ0n) is 8.96. The van der Waals surface area contributed by atoms with Gasteiger partial charge in [-0.25, -0.2) is 4.52 Å². The number of aromatic nitrogens is 2. The molecular formula is C11H13N3O2. The Balaban J connectivity index is 2.29. The lowest BCUT2D eigenvalue weighted by Gasteiger charge is -2.08. The Morgan fingerprint density at radius 2 is 2.44 bits per heavy atom. The molecule has 2 heterocycles. The number of methoxy groups -OCH3 is 1. The van der Waals surface area contributed by atoms with Crippen molar-refractivity contribution in [3.8, 4) is 0 Å². The van der Waals surface area contributed by atoms with E-state index >= 15 is 0 Å². The number of nitrogens with zero attached hydrogens (tertiary/aromatic N) is 2. The lowest BCUT2D eigenvalue weighted by molar-refractivity contribution is -0.141. The van der Waals surface area contributed by atoms with Crippen LogP contribution in [0.3, 0.4) is 0 Å². The molecule has 0 aliphatic heterocycles. The smallest absolute Gasteiger partial charge is 0.307 e. The Morgan fingerprint density at radius 3 is 3.19 bits per heavy atom. The molecule has 5 nitrogen and oxygen atoms in total. The third kappa shape index (κ3) is 1.90. The molecule has 0 bridgehead atoms. The molecule has 16 heavy (non-hydrogen) atoms. The van der Waals surface area contributed by atoms with Crippen molar-refractivity contribution in [2.24, 2.45) is 5.73 Å². The van der Waals surface area contributed by atoms with Gasteiger partial charge in [-0.3, -0.25) is 4.79 Å². The highest BCUT2D eigenvalue weighted by Gasteiger charge is 2.15. The van der Waals surface area contributed by atoms with Crippen LogP contribution < -0.4 is 5.73 Å². The molecule has 0 fully saturated rings. The van der Waals surface area contributed by atoms with E-state index in [1.807, 2.05) is 24.4 Å². The molecule has 0 radical (unpaired) electrons. The average Bonchev–Trinajstić information content (AvgIpc) is 2.72. The van der Waals surface area contributed by atoms with Crippen molar-refractivity contribution in [3.05, 3.63) is 36.2 Å². The van der Waals surface area contributed by atoms with Gasteiger partial charge in [-0.1, -0.05) is 6.07 Å². The molecule has 0 aromatic carbocycles. The van der Waals surface area contributed by atoms with E-state index in [0.717, 1.165) is 11.1 Å². The second-order valence-corrected chi connectivity index (χ2v) is 3.52. The van der Waals surface area contributed by atoms with Crippen molar-refractivity contribution in [1.82, 2.24) is 9.61 Å². The summed E-state index contributed by atoms with van der Waals surface area (Å²) in [6.45, 7) is 0. The number of hydrogen-bond acceptors (Lipinski definition) is 4. The summed E-state index contributed by atoms with van der Waals surface area (Å²) in [6.07, 6.45) is 3.68. The van der Waals surface area contributed by atoms with Crippen molar-refractivity contribution in [1.29, 1.82) is 0 Å². The molecule has 0 saturated heterocycles. The van der Waals surface area contributed by atoms with Crippen molar-refractivity contribution in [2.75, 3.05) is 7.11 Å². The SMILES string of the molecule is COC(=O)CC(N)c1cnn2ccccc12. The highest BCUT2D eigenvalue weighted by molar-refractivity contribution is 5.71. The summed E-state index contributed by atoms with van der Waals surface area (Å²) >= 11 is 0. The van der Waals surface area contributed by atoms with Crippen LogP contribution >= 0.6 is 0 Å². The van der Waals surface area contributed by atoms with E-state index in [1.165, 1.54) is 7.11 Å². The molecule has 1 unspecified atom stereocenters. The molecule has 2 rings (SSSR count). The molecule has 2 aromatic heterocycles. The molecule has 0 spiro atoms. The predicted octanol–water partition coefficient (Wildman–Crippen LogP) is 0.897. The summed E-state index contributed by atoms with van der Waals surface area (Å²) < 4.78 is 6.31. The number of ether oxygens (including phenoxy) is 1. The number of carbonyl (C=O) groups is 1. The number of nitrogens with two attached hydrogens (primary N) is 1. The summed E-state index contributed by atoms with van der Waals surface area (Å²) in [5.74, 6) is -0.317. The van der Waals surface area contributed by atoms with Gasteiger partial charge >= 0.3 is 5.97 Å². The minimum atomic E-state index is -0.382. The van der Waals surface area contributed by atoms with Crippen LogP contribution in [0.25, 0.3) is 5.52 Å². The molecule has 0 aliphatic rings. The maximum atomic E-state index is 11.1. The van der Waals surface area contributed by atoms with Crippen LogP contribution in [0.15, 0.2) is 30.6 Å². The molecule has 2 N–H and O–H groups in total. The van der Waals surface area contributed by atoms with Crippen LogP contribution in [-0.2, 0) is 9.53 Å². The Labute approximate surface area is 92.8 Å². The van der Waals surface area contributed by atoms with E-state index in [2.05, 4.69) is 9.84 Å². The zero-order chi connectivity index (χ0) is 11.5. The number of fused-ring (bicyclic) bond motifs is 1. The zero-order valence-corrected chi connectivity index (χ0v) is 8.96. The lowest BCUT2D eigenvalue weighted by atomic mass is 10.1. The summed E-state index contributed by atoms with van der Waals surface area (Å²) in [5, 5.41) is 4.16. The quantitative estimate of drug-likeness (QED) is 0.778. The Morgan fingerprint density at radius 1 is 1.62 bits per heavy atom. The second-order valence-electron chi connectivity index (χ2n) is 3.52. The number of rotatable bonds is 3. The summed E-state index contributed by atoms with van der Waals surface area (Å²) in [5.41, 5.74) is 7.70. The normalized spacial score (nSPS) is 12.6. The summed E-state index contributed by atoms with van der Waals surface area (Å²) in [7, 11) is 1.35. The van der Waals surface area contributed by atoms with E-state index in [-0.39, 0.29) is 18.4 Å². The van der Waals surface area contributed by atoms with E-state index < -0.39 is 0 Å². The van der Waals surface area contributed by atoms with E-state index in [4.69, 9.17) is 5.73 Å². The first-order chi connectivity index (χ1) is 7.72. The van der Waals surface area contributed by atoms with Crippen LogP contribution in [0.5, 0.6) is 0 Å². The fourth-order valence-electron chi connectivity index (χ4n) is 1.61. The van der Waals surface area contributed by atoms with Gasteiger partial charge in [0, 0.05) is 17.8 Å². The standard InChI is InChI=1S/C11H13N3O2/c1-16-11(15)6-9(12)8-7-13-14-5-3-2-4-10(8)14/h2-5,7,9H,6,12H2,1H3. The van der Waals surface area contributed by atoms with E-state index in [9.17, 15) is 4.79 Å². The van der Waals surface area contributed by atoms with Gasteiger partial charge in [0.25, 0.3) is 0 Å². The topological polar surface area (TPSA) is 69.6 Å². The average molecular weight is 219 g/mol. The first kappa shape index (κ1) is 10.6. The highest BCUT2D eigenvalue weighted by atomic mass is 16.5. The van der Waals surface area contributed by atoms with Gasteiger partial charge in [0.1, 0.15) is 0 Å². The van der Waals surface area contributed by atoms with Crippen molar-refractivity contribution in [3.63, 3.8) is 0 Å². The molecule has 0 aliphatic carbocycles. The Bertz CT molecular complexity index is 507. The molecule has 84 valence electrons. The van der Waals surface area contributed by atoms with Crippen LogP contribution in [0.2, 0.25) is 0 Å².